The van der Waals surface area contributed by atoms with Crippen molar-refractivity contribution in [2.45, 2.75) is 30.4 Å². The van der Waals surface area contributed by atoms with Crippen molar-refractivity contribution in [3.63, 3.8) is 0 Å². The zero-order chi connectivity index (χ0) is 13.1. The van der Waals surface area contributed by atoms with E-state index < -0.39 is 6.09 Å². The maximum Gasteiger partial charge on any atom is 0.412 e. The molecule has 1 aliphatic heterocycles. The lowest BCUT2D eigenvalue weighted by molar-refractivity contribution is 0.176. The number of hydrogen-bond acceptors (Lipinski definition) is 4. The second kappa shape index (κ2) is 5.44. The number of nitrogens with zero attached hydrogens (tertiary/aromatic N) is 1. The van der Waals surface area contributed by atoms with Gasteiger partial charge in [0.25, 0.3) is 0 Å². The van der Waals surface area contributed by atoms with Crippen LogP contribution in [-0.2, 0) is 11.2 Å². The Hall–Kier alpha value is -1.49. The highest BCUT2D eigenvalue weighted by molar-refractivity contribution is 7.99. The minimum absolute atomic E-state index is 0.474. The minimum Gasteiger partial charge on any atom is -0.453 e. The highest BCUT2D eigenvalue weighted by atomic mass is 32.2. The van der Waals surface area contributed by atoms with Crippen LogP contribution in [0.1, 0.15) is 19.4 Å². The maximum absolute atomic E-state index is 11.1. The average molecular weight is 264 g/mol. The predicted molar refractivity (Wildman–Crippen MR) is 73.8 cm³/mol. The van der Waals surface area contributed by atoms with Gasteiger partial charge in [0.2, 0.25) is 0 Å². The van der Waals surface area contributed by atoms with Crippen LogP contribution in [0, 0.1) is 0 Å². The first-order valence-corrected chi connectivity index (χ1v) is 6.68. The van der Waals surface area contributed by atoms with Crippen molar-refractivity contribution in [2.24, 2.45) is 4.99 Å². The number of nitrogens with one attached hydrogen (secondary N) is 1. The van der Waals surface area contributed by atoms with Crippen LogP contribution in [0.4, 0.5) is 10.5 Å². The van der Waals surface area contributed by atoms with Crippen LogP contribution in [0.2, 0.25) is 0 Å². The number of alkyl carbamates (subject to hydrolysis) is 1. The SMILES string of the molecule is COC(=O)NC1=Nc2cc(SC(C)C)ccc2C1. The number of amidine groups is 1. The van der Waals surface area contributed by atoms with Gasteiger partial charge in [0.05, 0.1) is 12.8 Å². The van der Waals surface area contributed by atoms with Crippen molar-refractivity contribution in [2.75, 3.05) is 7.11 Å². The molecule has 18 heavy (non-hydrogen) atoms. The van der Waals surface area contributed by atoms with Crippen molar-refractivity contribution in [3.05, 3.63) is 23.8 Å². The Morgan fingerprint density at radius 2 is 2.28 bits per heavy atom. The molecule has 96 valence electrons. The van der Waals surface area contributed by atoms with Crippen LogP contribution in [-0.4, -0.2) is 24.3 Å². The summed E-state index contributed by atoms with van der Waals surface area (Å²) in [6.07, 6.45) is 0.176. The van der Waals surface area contributed by atoms with E-state index in [0.717, 1.165) is 11.3 Å². The fourth-order valence-electron chi connectivity index (χ4n) is 1.75. The molecule has 0 saturated carbocycles. The Morgan fingerprint density at radius 3 is 2.94 bits per heavy atom. The molecule has 0 radical (unpaired) electrons. The monoisotopic (exact) mass is 264 g/mol. The third-order valence-corrected chi connectivity index (χ3v) is 3.47. The van der Waals surface area contributed by atoms with E-state index in [1.165, 1.54) is 12.0 Å². The van der Waals surface area contributed by atoms with Crippen LogP contribution in [0.25, 0.3) is 0 Å². The van der Waals surface area contributed by atoms with Crippen LogP contribution >= 0.6 is 11.8 Å². The molecule has 2 rings (SSSR count). The lowest BCUT2D eigenvalue weighted by atomic mass is 10.1. The van der Waals surface area contributed by atoms with Gasteiger partial charge in [-0.15, -0.1) is 11.8 Å². The first-order chi connectivity index (χ1) is 8.58. The highest BCUT2D eigenvalue weighted by Gasteiger charge is 2.17. The summed E-state index contributed by atoms with van der Waals surface area (Å²) >= 11 is 1.80. The maximum atomic E-state index is 11.1. The second-order valence-corrected chi connectivity index (χ2v) is 5.96. The van der Waals surface area contributed by atoms with Crippen LogP contribution < -0.4 is 5.32 Å². The van der Waals surface area contributed by atoms with Crippen LogP contribution in [0.3, 0.4) is 0 Å². The third kappa shape index (κ3) is 3.04. The van der Waals surface area contributed by atoms with Gasteiger partial charge in [-0.3, -0.25) is 5.32 Å². The van der Waals surface area contributed by atoms with Crippen molar-refractivity contribution in [1.82, 2.24) is 5.32 Å². The van der Waals surface area contributed by atoms with Gasteiger partial charge in [0, 0.05) is 16.6 Å². The van der Waals surface area contributed by atoms with Gasteiger partial charge in [-0.05, 0) is 17.7 Å². The molecule has 0 saturated heterocycles. The number of amides is 1. The average Bonchev–Trinajstić information content (AvgIpc) is 2.69. The van der Waals surface area contributed by atoms with Gasteiger partial charge in [0.1, 0.15) is 5.84 Å². The van der Waals surface area contributed by atoms with Crippen LogP contribution in [0.5, 0.6) is 0 Å². The van der Waals surface area contributed by atoms with Crippen LogP contribution in [0.15, 0.2) is 28.1 Å². The van der Waals surface area contributed by atoms with Gasteiger partial charge in [-0.1, -0.05) is 19.9 Å². The summed E-state index contributed by atoms with van der Waals surface area (Å²) in [6.45, 7) is 4.32. The fourth-order valence-corrected chi connectivity index (χ4v) is 2.62. The van der Waals surface area contributed by atoms with Gasteiger partial charge in [-0.2, -0.15) is 0 Å². The number of hydrogen-bond donors (Lipinski definition) is 1. The molecule has 1 heterocycles. The smallest absolute Gasteiger partial charge is 0.412 e. The number of rotatable bonds is 2. The van der Waals surface area contributed by atoms with Crippen molar-refractivity contribution >= 4 is 29.4 Å². The predicted octanol–water partition coefficient (Wildman–Crippen LogP) is 3.13. The molecule has 0 fully saturated rings. The largest absolute Gasteiger partial charge is 0.453 e. The normalized spacial score (nSPS) is 13.2. The number of thioether (sulfide) groups is 1. The second-order valence-electron chi connectivity index (χ2n) is 4.31. The Balaban J connectivity index is 2.12. The summed E-state index contributed by atoms with van der Waals surface area (Å²) in [5, 5.41) is 3.16. The van der Waals surface area contributed by atoms with E-state index in [9.17, 15) is 4.79 Å². The highest BCUT2D eigenvalue weighted by Crippen LogP contribution is 2.32. The van der Waals surface area contributed by atoms with Gasteiger partial charge < -0.3 is 4.74 Å². The summed E-state index contributed by atoms with van der Waals surface area (Å²) in [7, 11) is 1.34. The Kier molecular flexibility index (Phi) is 3.91. The summed E-state index contributed by atoms with van der Waals surface area (Å²) in [5.74, 6) is 0.642. The first-order valence-electron chi connectivity index (χ1n) is 5.80. The standard InChI is InChI=1S/C13H16N2O2S/c1-8(2)18-10-5-4-9-6-12(14-11(9)7-10)15-13(16)17-3/h4-5,7-8H,6H2,1-3H3,(H,14,15,16). The Bertz CT molecular complexity index is 498. The molecule has 0 aliphatic carbocycles. The molecule has 4 nitrogen and oxygen atoms in total. The molecule has 0 bridgehead atoms. The van der Waals surface area contributed by atoms with E-state index in [2.05, 4.69) is 47.1 Å². The van der Waals surface area contributed by atoms with E-state index in [1.807, 2.05) is 0 Å². The summed E-state index contributed by atoms with van der Waals surface area (Å²) in [4.78, 5) is 16.7. The molecule has 1 aromatic carbocycles. The molecule has 0 aromatic heterocycles. The number of carbonyl (C=O) groups excluding carboxylic acids is 1. The summed E-state index contributed by atoms with van der Waals surface area (Å²) in [5.41, 5.74) is 2.07. The van der Waals surface area contributed by atoms with E-state index in [-0.39, 0.29) is 0 Å². The van der Waals surface area contributed by atoms with Crippen molar-refractivity contribution in [3.8, 4) is 0 Å². The molecule has 1 N–H and O–H groups in total. The van der Waals surface area contributed by atoms with E-state index >= 15 is 0 Å². The number of ether oxygens (including phenoxy) is 1. The molecule has 1 aliphatic rings. The topological polar surface area (TPSA) is 50.7 Å². The van der Waals surface area contributed by atoms with E-state index in [1.54, 1.807) is 11.8 Å². The number of methoxy groups -OCH3 is 1. The molecule has 0 atom stereocenters. The summed E-state index contributed by atoms with van der Waals surface area (Å²) in [6, 6.07) is 6.22. The van der Waals surface area contributed by atoms with Gasteiger partial charge in [-0.25, -0.2) is 9.79 Å². The minimum atomic E-state index is -0.474. The van der Waals surface area contributed by atoms with Gasteiger partial charge in [0.15, 0.2) is 0 Å². The number of aliphatic imine (C=N–C) groups is 1. The lowest BCUT2D eigenvalue weighted by Crippen LogP contribution is -2.30. The molecule has 5 heteroatoms. The quantitative estimate of drug-likeness (QED) is 0.835. The molecular formula is C13H16N2O2S. The fraction of sp³-hybridized carbons (Fsp3) is 0.385. The number of carbonyl (C=O) groups is 1. The molecule has 0 spiro atoms. The molecule has 1 amide bonds. The summed E-state index contributed by atoms with van der Waals surface area (Å²) < 4.78 is 4.55. The molecule has 1 aromatic rings. The first kappa shape index (κ1) is 13.0. The van der Waals surface area contributed by atoms with E-state index in [4.69, 9.17) is 0 Å². The van der Waals surface area contributed by atoms with E-state index in [0.29, 0.717) is 17.5 Å². The van der Waals surface area contributed by atoms with Crippen molar-refractivity contribution < 1.29 is 9.53 Å². The van der Waals surface area contributed by atoms with Gasteiger partial charge >= 0.3 is 6.09 Å². The van der Waals surface area contributed by atoms with Crippen molar-refractivity contribution in [1.29, 1.82) is 0 Å². The molecular weight excluding hydrogens is 248 g/mol. The zero-order valence-corrected chi connectivity index (χ0v) is 11.5. The number of fused-ring (bicyclic) bond motifs is 1. The molecule has 0 unspecified atom stereocenters. The lowest BCUT2D eigenvalue weighted by Gasteiger charge is -2.05. The Labute approximate surface area is 111 Å². The zero-order valence-electron chi connectivity index (χ0n) is 10.7. The number of benzene rings is 1. The third-order valence-electron chi connectivity index (χ3n) is 2.47. The Morgan fingerprint density at radius 1 is 1.50 bits per heavy atom.